The first-order chi connectivity index (χ1) is 8.50. The van der Waals surface area contributed by atoms with E-state index in [-0.39, 0.29) is 11.1 Å². The predicted octanol–water partition coefficient (Wildman–Crippen LogP) is 3.20. The fourth-order valence-electron chi connectivity index (χ4n) is 1.35. The third-order valence-electron chi connectivity index (χ3n) is 2.26. The Balaban J connectivity index is 2.85. The summed E-state index contributed by atoms with van der Waals surface area (Å²) in [7, 11) is 0. The van der Waals surface area contributed by atoms with Crippen LogP contribution in [0.15, 0.2) is 24.3 Å². The molecule has 1 atom stereocenters. The highest BCUT2D eigenvalue weighted by atomic mass is 19.4. The lowest BCUT2D eigenvalue weighted by Crippen LogP contribution is -2.28. The summed E-state index contributed by atoms with van der Waals surface area (Å²) in [6.45, 7) is 5.12. The van der Waals surface area contributed by atoms with Crippen LogP contribution < -0.4 is 5.73 Å². The molecule has 0 amide bonds. The molecular formula is C13H16F3NO2. The quantitative estimate of drug-likeness (QED) is 0.843. The van der Waals surface area contributed by atoms with Crippen LogP contribution in [0.2, 0.25) is 0 Å². The average Bonchev–Trinajstić information content (AvgIpc) is 2.24. The zero-order valence-corrected chi connectivity index (χ0v) is 10.9. The smallest absolute Gasteiger partial charge is 0.407 e. The summed E-state index contributed by atoms with van der Waals surface area (Å²) in [6.07, 6.45) is -4.51. The van der Waals surface area contributed by atoms with E-state index in [1.54, 1.807) is 20.8 Å². The molecule has 3 nitrogen and oxygen atoms in total. The third-order valence-corrected chi connectivity index (χ3v) is 2.26. The van der Waals surface area contributed by atoms with E-state index in [1.165, 1.54) is 24.3 Å². The van der Waals surface area contributed by atoms with Gasteiger partial charge < -0.3 is 10.5 Å². The number of rotatable bonds is 2. The van der Waals surface area contributed by atoms with Gasteiger partial charge in [-0.15, -0.1) is 0 Å². The minimum atomic E-state index is -4.51. The van der Waals surface area contributed by atoms with E-state index < -0.39 is 23.8 Å². The molecule has 1 unspecified atom stereocenters. The van der Waals surface area contributed by atoms with Gasteiger partial charge in [-0.05, 0) is 38.5 Å². The molecule has 0 aliphatic heterocycles. The molecule has 0 aliphatic rings. The minimum Gasteiger partial charge on any atom is -0.456 e. The monoisotopic (exact) mass is 275 g/mol. The fraction of sp³-hybridized carbons (Fsp3) is 0.462. The Morgan fingerprint density at radius 3 is 2.00 bits per heavy atom. The molecule has 0 spiro atoms. The van der Waals surface area contributed by atoms with Crippen LogP contribution in [-0.2, 0) is 4.74 Å². The highest BCUT2D eigenvalue weighted by Crippen LogP contribution is 2.30. The Bertz CT molecular complexity index is 446. The van der Waals surface area contributed by atoms with Crippen LogP contribution in [0, 0.1) is 0 Å². The topological polar surface area (TPSA) is 52.3 Å². The zero-order chi connectivity index (χ0) is 14.8. The molecule has 0 aliphatic carbocycles. The van der Waals surface area contributed by atoms with Gasteiger partial charge in [0.1, 0.15) is 11.6 Å². The van der Waals surface area contributed by atoms with Gasteiger partial charge in [-0.2, -0.15) is 13.2 Å². The summed E-state index contributed by atoms with van der Waals surface area (Å²) in [5.41, 5.74) is 4.49. The Morgan fingerprint density at radius 1 is 1.16 bits per heavy atom. The van der Waals surface area contributed by atoms with E-state index in [9.17, 15) is 18.0 Å². The standard InChI is InChI=1S/C13H16F3NO2/c1-12(2,3)19-11(18)9-6-4-8(5-7-9)10(17)13(14,15)16/h4-7,10H,17H2,1-3H3. The number of esters is 1. The molecule has 0 bridgehead atoms. The van der Waals surface area contributed by atoms with Crippen LogP contribution in [0.3, 0.4) is 0 Å². The van der Waals surface area contributed by atoms with Crippen molar-refractivity contribution in [2.24, 2.45) is 5.73 Å². The summed E-state index contributed by atoms with van der Waals surface area (Å²) in [5.74, 6) is -0.584. The molecule has 0 radical (unpaired) electrons. The first kappa shape index (κ1) is 15.5. The first-order valence-electron chi connectivity index (χ1n) is 5.66. The van der Waals surface area contributed by atoms with Crippen LogP contribution in [0.25, 0.3) is 0 Å². The third kappa shape index (κ3) is 4.55. The van der Waals surface area contributed by atoms with Crippen molar-refractivity contribution in [2.75, 3.05) is 0 Å². The number of benzene rings is 1. The van der Waals surface area contributed by atoms with E-state index in [0.717, 1.165) is 0 Å². The number of nitrogens with two attached hydrogens (primary N) is 1. The van der Waals surface area contributed by atoms with Crippen molar-refractivity contribution in [3.63, 3.8) is 0 Å². The van der Waals surface area contributed by atoms with E-state index >= 15 is 0 Å². The maximum Gasteiger partial charge on any atom is 0.407 e. The van der Waals surface area contributed by atoms with E-state index in [1.807, 2.05) is 0 Å². The van der Waals surface area contributed by atoms with Crippen molar-refractivity contribution in [2.45, 2.75) is 38.6 Å². The second-order valence-corrected chi connectivity index (χ2v) is 5.14. The summed E-state index contributed by atoms with van der Waals surface area (Å²) in [6, 6.07) is 2.85. The number of carbonyl (C=O) groups is 1. The first-order valence-corrected chi connectivity index (χ1v) is 5.66. The lowest BCUT2D eigenvalue weighted by molar-refractivity contribution is -0.149. The Labute approximate surface area is 109 Å². The SMILES string of the molecule is CC(C)(C)OC(=O)c1ccc(C(N)C(F)(F)F)cc1. The van der Waals surface area contributed by atoms with Gasteiger partial charge in [0.05, 0.1) is 5.56 Å². The van der Waals surface area contributed by atoms with E-state index in [4.69, 9.17) is 10.5 Å². The van der Waals surface area contributed by atoms with Gasteiger partial charge in [0, 0.05) is 0 Å². The van der Waals surface area contributed by atoms with Gasteiger partial charge in [-0.3, -0.25) is 0 Å². The lowest BCUT2D eigenvalue weighted by atomic mass is 10.1. The molecule has 1 rings (SSSR count). The fourth-order valence-corrected chi connectivity index (χ4v) is 1.35. The maximum absolute atomic E-state index is 12.4. The number of carbonyl (C=O) groups excluding carboxylic acids is 1. The summed E-state index contributed by atoms with van der Waals surface area (Å²) >= 11 is 0. The number of hydrogen-bond donors (Lipinski definition) is 1. The highest BCUT2D eigenvalue weighted by molar-refractivity contribution is 5.89. The maximum atomic E-state index is 12.4. The van der Waals surface area contributed by atoms with Crippen LogP contribution in [0.4, 0.5) is 13.2 Å². The Morgan fingerprint density at radius 2 is 1.63 bits per heavy atom. The predicted molar refractivity (Wildman–Crippen MR) is 64.6 cm³/mol. The van der Waals surface area contributed by atoms with Gasteiger partial charge in [0.2, 0.25) is 0 Å². The summed E-state index contributed by atoms with van der Waals surface area (Å²) in [4.78, 5) is 11.7. The van der Waals surface area contributed by atoms with Crippen LogP contribution in [-0.4, -0.2) is 17.7 Å². The second-order valence-electron chi connectivity index (χ2n) is 5.14. The molecule has 1 aromatic carbocycles. The molecule has 1 aromatic rings. The molecule has 6 heteroatoms. The number of halogens is 3. The van der Waals surface area contributed by atoms with E-state index in [2.05, 4.69) is 0 Å². The highest BCUT2D eigenvalue weighted by Gasteiger charge is 2.37. The molecule has 0 heterocycles. The molecule has 0 fully saturated rings. The number of alkyl halides is 3. The molecule has 0 aromatic heterocycles. The minimum absolute atomic E-state index is 0.0974. The zero-order valence-electron chi connectivity index (χ0n) is 10.9. The molecule has 2 N–H and O–H groups in total. The summed E-state index contributed by atoms with van der Waals surface area (Å²) < 4.78 is 42.3. The normalized spacial score (nSPS) is 14.1. The average molecular weight is 275 g/mol. The molecule has 19 heavy (non-hydrogen) atoms. The second kappa shape index (κ2) is 5.21. The largest absolute Gasteiger partial charge is 0.456 e. The summed E-state index contributed by atoms with van der Waals surface area (Å²) in [5, 5.41) is 0. The molecule has 0 saturated carbocycles. The van der Waals surface area contributed by atoms with Crippen molar-refractivity contribution in [3.8, 4) is 0 Å². The van der Waals surface area contributed by atoms with Gasteiger partial charge >= 0.3 is 12.1 Å². The number of hydrogen-bond acceptors (Lipinski definition) is 3. The van der Waals surface area contributed by atoms with Crippen molar-refractivity contribution in [3.05, 3.63) is 35.4 Å². The van der Waals surface area contributed by atoms with Crippen molar-refractivity contribution >= 4 is 5.97 Å². The molecule has 0 saturated heterocycles. The lowest BCUT2D eigenvalue weighted by Gasteiger charge is -2.20. The Kier molecular flexibility index (Phi) is 4.25. The van der Waals surface area contributed by atoms with Crippen LogP contribution >= 0.6 is 0 Å². The van der Waals surface area contributed by atoms with Crippen molar-refractivity contribution in [1.82, 2.24) is 0 Å². The Hall–Kier alpha value is -1.56. The van der Waals surface area contributed by atoms with Crippen LogP contribution in [0.1, 0.15) is 42.7 Å². The van der Waals surface area contributed by atoms with E-state index in [0.29, 0.717) is 0 Å². The van der Waals surface area contributed by atoms with Gasteiger partial charge in [0.25, 0.3) is 0 Å². The van der Waals surface area contributed by atoms with Crippen LogP contribution in [0.5, 0.6) is 0 Å². The van der Waals surface area contributed by atoms with Crippen molar-refractivity contribution in [1.29, 1.82) is 0 Å². The van der Waals surface area contributed by atoms with Gasteiger partial charge in [0.15, 0.2) is 0 Å². The molecular weight excluding hydrogens is 259 g/mol. The molecule has 106 valence electrons. The number of ether oxygens (including phenoxy) is 1. The van der Waals surface area contributed by atoms with Gasteiger partial charge in [-0.1, -0.05) is 12.1 Å². The van der Waals surface area contributed by atoms with Crippen molar-refractivity contribution < 1.29 is 22.7 Å². The van der Waals surface area contributed by atoms with Gasteiger partial charge in [-0.25, -0.2) is 4.79 Å².